The maximum atomic E-state index is 8.57. The van der Waals surface area contributed by atoms with Crippen LogP contribution >= 0.6 is 0 Å². The average molecular weight is 179 g/mol. The number of rotatable bonds is 2. The molecule has 13 heavy (non-hydrogen) atoms. The Morgan fingerprint density at radius 3 is 3.00 bits per heavy atom. The van der Waals surface area contributed by atoms with E-state index in [1.54, 1.807) is 18.2 Å². The van der Waals surface area contributed by atoms with Gasteiger partial charge in [-0.3, -0.25) is 0 Å². The van der Waals surface area contributed by atoms with Crippen molar-refractivity contribution >= 4 is 18.4 Å². The Labute approximate surface area is 73.8 Å². The molecule has 1 aromatic heterocycles. The van der Waals surface area contributed by atoms with Gasteiger partial charge in [0.25, 0.3) is 0 Å². The molecule has 0 radical (unpaired) electrons. The summed E-state index contributed by atoms with van der Waals surface area (Å²) in [6.07, 6.45) is 1.27. The second kappa shape index (κ2) is 3.08. The van der Waals surface area contributed by atoms with Crippen molar-refractivity contribution < 1.29 is 19.1 Å². The van der Waals surface area contributed by atoms with Crippen LogP contribution in [-0.2, 0) is 0 Å². The van der Waals surface area contributed by atoms with Gasteiger partial charge in [-0.1, -0.05) is 6.07 Å². The van der Waals surface area contributed by atoms with Gasteiger partial charge >= 0.3 is 7.32 Å². The van der Waals surface area contributed by atoms with Crippen LogP contribution in [0.15, 0.2) is 29.0 Å². The van der Waals surface area contributed by atoms with Crippen molar-refractivity contribution in [2.75, 3.05) is 0 Å². The van der Waals surface area contributed by atoms with E-state index in [1.165, 1.54) is 6.39 Å². The van der Waals surface area contributed by atoms with Crippen molar-refractivity contribution in [3.63, 3.8) is 0 Å². The predicted octanol–water partition coefficient (Wildman–Crippen LogP) is 0.176. The minimum Gasteiger partial charge on any atom is -0.509 e. The third kappa shape index (κ3) is 1.49. The third-order valence-electron chi connectivity index (χ3n) is 1.55. The quantitative estimate of drug-likeness (QED) is 0.642. The molecule has 5 nitrogen and oxygen atoms in total. The standard InChI is InChI=1S/C7H6BNO4/c10-8(11)13-6-3-1-2-5-7(6)12-4-9-5/h1-4,10-11H. The van der Waals surface area contributed by atoms with E-state index in [4.69, 9.17) is 14.5 Å². The molecule has 2 rings (SSSR count). The van der Waals surface area contributed by atoms with Gasteiger partial charge in [-0.15, -0.1) is 0 Å². The number of aromatic nitrogens is 1. The van der Waals surface area contributed by atoms with Crippen LogP contribution in [0.3, 0.4) is 0 Å². The second-order valence-corrected chi connectivity index (χ2v) is 2.40. The molecular weight excluding hydrogens is 173 g/mol. The smallest absolute Gasteiger partial charge is 0.509 e. The van der Waals surface area contributed by atoms with E-state index in [0.717, 1.165) is 0 Å². The molecule has 66 valence electrons. The first kappa shape index (κ1) is 8.09. The summed E-state index contributed by atoms with van der Waals surface area (Å²) in [6, 6.07) is 4.98. The summed E-state index contributed by atoms with van der Waals surface area (Å²) in [5.74, 6) is 0.255. The normalized spacial score (nSPS) is 10.3. The van der Waals surface area contributed by atoms with Crippen LogP contribution < -0.4 is 4.65 Å². The summed E-state index contributed by atoms with van der Waals surface area (Å²) in [6.45, 7) is 0. The molecule has 0 atom stereocenters. The van der Waals surface area contributed by atoms with E-state index in [2.05, 4.69) is 9.64 Å². The summed E-state index contributed by atoms with van der Waals surface area (Å²) in [4.78, 5) is 3.88. The van der Waals surface area contributed by atoms with Crippen LogP contribution in [-0.4, -0.2) is 22.4 Å². The summed E-state index contributed by atoms with van der Waals surface area (Å²) in [7, 11) is -1.85. The van der Waals surface area contributed by atoms with Crippen LogP contribution in [0.4, 0.5) is 0 Å². The minimum atomic E-state index is -1.85. The first-order valence-electron chi connectivity index (χ1n) is 3.62. The molecule has 0 unspecified atom stereocenters. The van der Waals surface area contributed by atoms with Gasteiger partial charge in [0.05, 0.1) is 0 Å². The van der Waals surface area contributed by atoms with E-state index in [-0.39, 0.29) is 5.75 Å². The monoisotopic (exact) mass is 179 g/mol. The zero-order chi connectivity index (χ0) is 9.26. The van der Waals surface area contributed by atoms with Crippen molar-refractivity contribution in [2.24, 2.45) is 0 Å². The second-order valence-electron chi connectivity index (χ2n) is 2.40. The third-order valence-corrected chi connectivity index (χ3v) is 1.55. The molecule has 0 aliphatic carbocycles. The number of oxazole rings is 1. The van der Waals surface area contributed by atoms with E-state index in [0.29, 0.717) is 11.1 Å². The van der Waals surface area contributed by atoms with E-state index < -0.39 is 7.32 Å². The number of hydrogen-bond acceptors (Lipinski definition) is 5. The fourth-order valence-corrected chi connectivity index (χ4v) is 1.07. The highest BCUT2D eigenvalue weighted by atomic mass is 16.6. The van der Waals surface area contributed by atoms with Crippen LogP contribution in [0.25, 0.3) is 11.1 Å². The maximum absolute atomic E-state index is 8.57. The zero-order valence-electron chi connectivity index (χ0n) is 6.54. The first-order chi connectivity index (χ1) is 6.27. The fraction of sp³-hybridized carbons (Fsp3) is 0. The predicted molar refractivity (Wildman–Crippen MR) is 44.8 cm³/mol. The van der Waals surface area contributed by atoms with Gasteiger partial charge in [-0.05, 0) is 12.1 Å². The SMILES string of the molecule is OB(O)Oc1cccc2ncoc12. The van der Waals surface area contributed by atoms with Crippen molar-refractivity contribution in [1.82, 2.24) is 4.98 Å². The molecule has 0 bridgehead atoms. The Morgan fingerprint density at radius 2 is 2.23 bits per heavy atom. The average Bonchev–Trinajstić information content (AvgIpc) is 2.51. The van der Waals surface area contributed by atoms with Crippen molar-refractivity contribution in [1.29, 1.82) is 0 Å². The van der Waals surface area contributed by atoms with Crippen molar-refractivity contribution in [2.45, 2.75) is 0 Å². The van der Waals surface area contributed by atoms with Gasteiger partial charge in [0.1, 0.15) is 11.3 Å². The maximum Gasteiger partial charge on any atom is 0.707 e. The highest BCUT2D eigenvalue weighted by Crippen LogP contribution is 2.24. The number of para-hydroxylation sites is 1. The van der Waals surface area contributed by atoms with E-state index in [1.807, 2.05) is 0 Å². The molecule has 0 saturated carbocycles. The van der Waals surface area contributed by atoms with Crippen LogP contribution in [0.1, 0.15) is 0 Å². The van der Waals surface area contributed by atoms with Gasteiger partial charge in [0, 0.05) is 0 Å². The molecule has 2 N–H and O–H groups in total. The zero-order valence-corrected chi connectivity index (χ0v) is 6.54. The first-order valence-corrected chi connectivity index (χ1v) is 3.62. The molecule has 0 aliphatic heterocycles. The van der Waals surface area contributed by atoms with Crippen molar-refractivity contribution in [3.05, 3.63) is 24.6 Å². The van der Waals surface area contributed by atoms with E-state index in [9.17, 15) is 0 Å². The van der Waals surface area contributed by atoms with Crippen molar-refractivity contribution in [3.8, 4) is 5.75 Å². The molecule has 2 aromatic rings. The summed E-state index contributed by atoms with van der Waals surface area (Å²) in [5, 5.41) is 17.1. The summed E-state index contributed by atoms with van der Waals surface area (Å²) in [5.41, 5.74) is 1.01. The van der Waals surface area contributed by atoms with Crippen LogP contribution in [0, 0.1) is 0 Å². The van der Waals surface area contributed by atoms with Crippen LogP contribution in [0.5, 0.6) is 5.75 Å². The number of fused-ring (bicyclic) bond motifs is 1. The molecule has 1 aromatic carbocycles. The Hall–Kier alpha value is -1.53. The molecule has 0 amide bonds. The number of nitrogens with zero attached hydrogens (tertiary/aromatic N) is 1. The molecule has 0 aliphatic rings. The van der Waals surface area contributed by atoms with Gasteiger partial charge in [-0.25, -0.2) is 4.98 Å². The highest BCUT2D eigenvalue weighted by Gasteiger charge is 2.14. The molecule has 0 spiro atoms. The van der Waals surface area contributed by atoms with Gasteiger partial charge in [0.15, 0.2) is 12.0 Å². The lowest BCUT2D eigenvalue weighted by atomic mass is 10.2. The number of benzene rings is 1. The molecule has 6 heteroatoms. The Kier molecular flexibility index (Phi) is 1.92. The topological polar surface area (TPSA) is 75.7 Å². The lowest BCUT2D eigenvalue weighted by molar-refractivity contribution is 0.288. The lowest BCUT2D eigenvalue weighted by Crippen LogP contribution is -2.20. The Balaban J connectivity index is 2.48. The number of hydrogen-bond donors (Lipinski definition) is 2. The lowest BCUT2D eigenvalue weighted by Gasteiger charge is -2.03. The summed E-state index contributed by atoms with van der Waals surface area (Å²) < 4.78 is 9.65. The van der Waals surface area contributed by atoms with E-state index >= 15 is 0 Å². The molecule has 0 fully saturated rings. The van der Waals surface area contributed by atoms with Gasteiger partial charge in [0.2, 0.25) is 0 Å². The van der Waals surface area contributed by atoms with Crippen LogP contribution in [0.2, 0.25) is 0 Å². The molecular formula is C7H6BNO4. The summed E-state index contributed by atoms with van der Waals surface area (Å²) >= 11 is 0. The van der Waals surface area contributed by atoms with Gasteiger partial charge < -0.3 is 19.1 Å². The molecule has 1 heterocycles. The minimum absolute atomic E-state index is 0.255. The molecule has 0 saturated heterocycles. The highest BCUT2D eigenvalue weighted by molar-refractivity contribution is 6.34. The Bertz CT molecular complexity index is 414. The largest absolute Gasteiger partial charge is 0.707 e. The Morgan fingerprint density at radius 1 is 1.38 bits per heavy atom. The van der Waals surface area contributed by atoms with Gasteiger partial charge in [-0.2, -0.15) is 0 Å². The fourth-order valence-electron chi connectivity index (χ4n) is 1.07.